The van der Waals surface area contributed by atoms with Crippen molar-refractivity contribution in [2.45, 2.75) is 63.6 Å². The van der Waals surface area contributed by atoms with Gasteiger partial charge in [-0.15, -0.1) is 0 Å². The molecule has 0 radical (unpaired) electrons. The number of rotatable bonds is 4. The number of aromatic nitrogens is 1. The number of carbonyl (C=O) groups excluding carboxylic acids is 2. The number of ether oxygens (including phenoxy) is 1. The molecule has 6 nitrogen and oxygen atoms in total. The minimum Gasteiger partial charge on any atom is -0.474 e. The zero-order valence-electron chi connectivity index (χ0n) is 13.6. The first-order valence-electron chi connectivity index (χ1n) is 8.18. The summed E-state index contributed by atoms with van der Waals surface area (Å²) in [4.78, 5) is 28.2. The third-order valence-corrected chi connectivity index (χ3v) is 4.63. The summed E-state index contributed by atoms with van der Waals surface area (Å²) in [6.45, 7) is 3.85. The van der Waals surface area contributed by atoms with Crippen LogP contribution in [0.2, 0.25) is 0 Å². The predicted octanol–water partition coefficient (Wildman–Crippen LogP) is 1.80. The van der Waals surface area contributed by atoms with Crippen molar-refractivity contribution in [3.63, 3.8) is 0 Å². The van der Waals surface area contributed by atoms with E-state index in [0.29, 0.717) is 24.3 Å². The Morgan fingerprint density at radius 1 is 1.39 bits per heavy atom. The molecule has 23 heavy (non-hydrogen) atoms. The second-order valence-electron chi connectivity index (χ2n) is 6.89. The van der Waals surface area contributed by atoms with Gasteiger partial charge in [0.25, 0.3) is 5.91 Å². The Morgan fingerprint density at radius 2 is 2.17 bits per heavy atom. The number of nitrogens with one attached hydrogen (secondary N) is 2. The van der Waals surface area contributed by atoms with Gasteiger partial charge >= 0.3 is 0 Å². The third-order valence-electron chi connectivity index (χ3n) is 4.63. The summed E-state index contributed by atoms with van der Waals surface area (Å²) in [6.07, 6.45) is 6.18. The van der Waals surface area contributed by atoms with Crippen molar-refractivity contribution in [3.8, 4) is 5.88 Å². The Kier molecular flexibility index (Phi) is 4.24. The minimum atomic E-state index is -0.455. The molecule has 124 valence electrons. The molecule has 1 atom stereocenters. The monoisotopic (exact) mass is 317 g/mol. The number of hydrogen-bond acceptors (Lipinski definition) is 4. The molecule has 0 aromatic carbocycles. The lowest BCUT2D eigenvalue weighted by molar-refractivity contribution is -0.125. The van der Waals surface area contributed by atoms with Crippen LogP contribution >= 0.6 is 0 Å². The average molecular weight is 317 g/mol. The van der Waals surface area contributed by atoms with Crippen molar-refractivity contribution in [3.05, 3.63) is 23.9 Å². The van der Waals surface area contributed by atoms with E-state index in [1.807, 2.05) is 13.8 Å². The van der Waals surface area contributed by atoms with Crippen LogP contribution in [0.5, 0.6) is 5.88 Å². The second kappa shape index (κ2) is 6.18. The van der Waals surface area contributed by atoms with Crippen molar-refractivity contribution >= 4 is 11.8 Å². The molecule has 1 saturated carbocycles. The molecule has 1 aromatic rings. The van der Waals surface area contributed by atoms with Crippen LogP contribution < -0.4 is 15.4 Å². The summed E-state index contributed by atoms with van der Waals surface area (Å²) in [6, 6.07) is 3.26. The fraction of sp³-hybridized carbons (Fsp3) is 0.588. The van der Waals surface area contributed by atoms with E-state index in [1.165, 1.54) is 6.42 Å². The lowest BCUT2D eigenvalue weighted by atomic mass is 9.86. The normalized spacial score (nSPS) is 23.6. The summed E-state index contributed by atoms with van der Waals surface area (Å²) in [7, 11) is 0. The van der Waals surface area contributed by atoms with Gasteiger partial charge in [0.05, 0.1) is 11.6 Å². The molecular formula is C17H23N3O3. The molecule has 1 unspecified atom stereocenters. The first-order chi connectivity index (χ1) is 10.9. The predicted molar refractivity (Wildman–Crippen MR) is 85.2 cm³/mol. The number of hydrogen-bond donors (Lipinski definition) is 2. The van der Waals surface area contributed by atoms with Gasteiger partial charge in [0.2, 0.25) is 11.8 Å². The first-order valence-corrected chi connectivity index (χ1v) is 8.18. The summed E-state index contributed by atoms with van der Waals surface area (Å²) in [5.41, 5.74) is 0.0746. The standard InChI is InChI=1S/C17H23N3O3/c1-17(2)13(6-7-14(21)20-17)19-16(22)11-8-9-18-15(10-11)23-12-4-3-5-12/h8-10,12-13H,3-7H2,1-2H3,(H,19,22)(H,20,21). The van der Waals surface area contributed by atoms with Crippen molar-refractivity contribution in [1.82, 2.24) is 15.6 Å². The quantitative estimate of drug-likeness (QED) is 0.887. The van der Waals surface area contributed by atoms with Crippen LogP contribution in [-0.4, -0.2) is 34.5 Å². The van der Waals surface area contributed by atoms with Gasteiger partial charge in [0.15, 0.2) is 0 Å². The molecule has 2 heterocycles. The Balaban J connectivity index is 1.65. The fourth-order valence-electron chi connectivity index (χ4n) is 2.91. The topological polar surface area (TPSA) is 80.3 Å². The molecule has 2 aliphatic rings. The maximum absolute atomic E-state index is 12.5. The number of piperidine rings is 1. The summed E-state index contributed by atoms with van der Waals surface area (Å²) in [5, 5.41) is 5.94. The van der Waals surface area contributed by atoms with Gasteiger partial charge < -0.3 is 15.4 Å². The van der Waals surface area contributed by atoms with Crippen molar-refractivity contribution in [2.75, 3.05) is 0 Å². The SMILES string of the molecule is CC1(C)NC(=O)CCC1NC(=O)c1ccnc(OC2CCC2)c1. The summed E-state index contributed by atoms with van der Waals surface area (Å²) >= 11 is 0. The molecule has 0 bridgehead atoms. The van der Waals surface area contributed by atoms with E-state index in [1.54, 1.807) is 18.3 Å². The maximum Gasteiger partial charge on any atom is 0.251 e. The van der Waals surface area contributed by atoms with E-state index in [4.69, 9.17) is 4.74 Å². The van der Waals surface area contributed by atoms with Crippen LogP contribution in [0, 0.1) is 0 Å². The molecule has 2 N–H and O–H groups in total. The first kappa shape index (κ1) is 15.8. The largest absolute Gasteiger partial charge is 0.474 e. The molecule has 2 fully saturated rings. The highest BCUT2D eigenvalue weighted by atomic mass is 16.5. The maximum atomic E-state index is 12.5. The molecule has 3 rings (SSSR count). The van der Waals surface area contributed by atoms with Crippen LogP contribution in [0.4, 0.5) is 0 Å². The highest BCUT2D eigenvalue weighted by Crippen LogP contribution is 2.24. The van der Waals surface area contributed by atoms with Crippen LogP contribution in [0.1, 0.15) is 56.3 Å². The fourth-order valence-corrected chi connectivity index (χ4v) is 2.91. The van der Waals surface area contributed by atoms with Crippen molar-refractivity contribution < 1.29 is 14.3 Å². The second-order valence-corrected chi connectivity index (χ2v) is 6.89. The molecule has 1 aromatic heterocycles. The van der Waals surface area contributed by atoms with Crippen LogP contribution in [0.3, 0.4) is 0 Å². The molecular weight excluding hydrogens is 294 g/mol. The highest BCUT2D eigenvalue weighted by molar-refractivity contribution is 5.94. The van der Waals surface area contributed by atoms with E-state index in [2.05, 4.69) is 15.6 Å². The zero-order chi connectivity index (χ0) is 16.4. The highest BCUT2D eigenvalue weighted by Gasteiger charge is 2.36. The van der Waals surface area contributed by atoms with Gasteiger partial charge in [-0.2, -0.15) is 0 Å². The van der Waals surface area contributed by atoms with Crippen molar-refractivity contribution in [1.29, 1.82) is 0 Å². The Bertz CT molecular complexity index is 611. The van der Waals surface area contributed by atoms with E-state index >= 15 is 0 Å². The minimum absolute atomic E-state index is 0.0283. The molecule has 1 aliphatic carbocycles. The average Bonchev–Trinajstić information content (AvgIpc) is 2.45. The van der Waals surface area contributed by atoms with E-state index < -0.39 is 5.54 Å². The lowest BCUT2D eigenvalue weighted by Gasteiger charge is -2.39. The summed E-state index contributed by atoms with van der Waals surface area (Å²) < 4.78 is 5.74. The van der Waals surface area contributed by atoms with Gasteiger partial charge in [-0.1, -0.05) is 0 Å². The number of amides is 2. The van der Waals surface area contributed by atoms with E-state index in [9.17, 15) is 9.59 Å². The molecule has 6 heteroatoms. The smallest absolute Gasteiger partial charge is 0.251 e. The van der Waals surface area contributed by atoms with E-state index in [-0.39, 0.29) is 24.0 Å². The Morgan fingerprint density at radius 3 is 2.83 bits per heavy atom. The lowest BCUT2D eigenvalue weighted by Crippen LogP contribution is -2.62. The number of nitrogens with zero attached hydrogens (tertiary/aromatic N) is 1. The Hall–Kier alpha value is -2.11. The number of carbonyl (C=O) groups is 2. The van der Waals surface area contributed by atoms with Gasteiger partial charge in [-0.3, -0.25) is 9.59 Å². The van der Waals surface area contributed by atoms with Crippen LogP contribution in [0.25, 0.3) is 0 Å². The summed E-state index contributed by atoms with van der Waals surface area (Å²) in [5.74, 6) is 0.360. The molecule has 1 saturated heterocycles. The van der Waals surface area contributed by atoms with Gasteiger partial charge in [0.1, 0.15) is 6.10 Å². The van der Waals surface area contributed by atoms with Gasteiger partial charge in [0, 0.05) is 24.2 Å². The molecule has 0 spiro atoms. The number of pyridine rings is 1. The van der Waals surface area contributed by atoms with Crippen molar-refractivity contribution in [2.24, 2.45) is 0 Å². The third kappa shape index (κ3) is 3.63. The van der Waals surface area contributed by atoms with Gasteiger partial charge in [-0.05, 0) is 45.6 Å². The molecule has 1 aliphatic heterocycles. The van der Waals surface area contributed by atoms with Crippen LogP contribution in [-0.2, 0) is 4.79 Å². The Labute approximate surface area is 136 Å². The van der Waals surface area contributed by atoms with Gasteiger partial charge in [-0.25, -0.2) is 4.98 Å². The molecule has 2 amide bonds. The van der Waals surface area contributed by atoms with E-state index in [0.717, 1.165) is 12.8 Å². The van der Waals surface area contributed by atoms with Crippen LogP contribution in [0.15, 0.2) is 18.3 Å². The zero-order valence-corrected chi connectivity index (χ0v) is 13.6.